The van der Waals surface area contributed by atoms with Crippen LogP contribution in [0.15, 0.2) is 18.2 Å². The van der Waals surface area contributed by atoms with Crippen LogP contribution in [0.3, 0.4) is 0 Å². The van der Waals surface area contributed by atoms with Crippen molar-refractivity contribution >= 4 is 0 Å². The normalized spacial score (nSPS) is 29.3. The molecule has 2 atom stereocenters. The van der Waals surface area contributed by atoms with E-state index in [1.165, 1.54) is 30.5 Å². The van der Waals surface area contributed by atoms with Crippen molar-refractivity contribution in [3.8, 4) is 0 Å². The molecule has 1 aromatic rings. The first-order chi connectivity index (χ1) is 8.50. The van der Waals surface area contributed by atoms with Crippen LogP contribution >= 0.6 is 0 Å². The summed E-state index contributed by atoms with van der Waals surface area (Å²) >= 11 is 0. The van der Waals surface area contributed by atoms with Crippen molar-refractivity contribution in [2.24, 2.45) is 11.3 Å². The topological polar surface area (TPSA) is 12.0 Å². The molecule has 0 bridgehead atoms. The van der Waals surface area contributed by atoms with E-state index in [1.807, 2.05) is 0 Å². The van der Waals surface area contributed by atoms with Gasteiger partial charge in [0.05, 0.1) is 0 Å². The Bertz CT molecular complexity index is 457. The van der Waals surface area contributed by atoms with E-state index in [-0.39, 0.29) is 0 Å². The fourth-order valence-electron chi connectivity index (χ4n) is 3.50. The quantitative estimate of drug-likeness (QED) is 0.848. The van der Waals surface area contributed by atoms with Crippen LogP contribution in [-0.2, 0) is 0 Å². The Morgan fingerprint density at radius 1 is 1.22 bits per heavy atom. The molecule has 1 N–H and O–H groups in total. The molecule has 0 spiro atoms. The zero-order valence-corrected chi connectivity index (χ0v) is 12.1. The van der Waals surface area contributed by atoms with Gasteiger partial charge in [0.2, 0.25) is 0 Å². The smallest absolute Gasteiger partial charge is 0.00683 e. The number of rotatable bonds is 4. The minimum Gasteiger partial charge on any atom is -0.314 e. The Morgan fingerprint density at radius 2 is 1.94 bits per heavy atom. The lowest BCUT2D eigenvalue weighted by Crippen LogP contribution is -2.20. The van der Waals surface area contributed by atoms with Crippen molar-refractivity contribution in [3.05, 3.63) is 34.9 Å². The molecule has 0 radical (unpaired) electrons. The summed E-state index contributed by atoms with van der Waals surface area (Å²) in [6.45, 7) is 10.5. The molecule has 2 saturated carbocycles. The van der Waals surface area contributed by atoms with Gasteiger partial charge in [0.1, 0.15) is 0 Å². The predicted molar refractivity (Wildman–Crippen MR) is 77.0 cm³/mol. The summed E-state index contributed by atoms with van der Waals surface area (Å²) in [5, 5.41) is 3.70. The van der Waals surface area contributed by atoms with Gasteiger partial charge in [-0.05, 0) is 61.6 Å². The number of hydrogen-bond acceptors (Lipinski definition) is 1. The fraction of sp³-hybridized carbons (Fsp3) is 0.647. The average molecular weight is 243 g/mol. The summed E-state index contributed by atoms with van der Waals surface area (Å²) < 4.78 is 0. The SMILES string of the molecule is Cc1ccc(C2C(CNC3CC3)C2(C)C)c(C)c1. The molecule has 1 nitrogen and oxygen atoms in total. The van der Waals surface area contributed by atoms with Crippen LogP contribution in [0.5, 0.6) is 0 Å². The van der Waals surface area contributed by atoms with Gasteiger partial charge in [0, 0.05) is 6.04 Å². The molecule has 2 fully saturated rings. The lowest BCUT2D eigenvalue weighted by Gasteiger charge is -2.08. The first-order valence-electron chi connectivity index (χ1n) is 7.30. The van der Waals surface area contributed by atoms with E-state index in [9.17, 15) is 0 Å². The van der Waals surface area contributed by atoms with Gasteiger partial charge in [-0.15, -0.1) is 0 Å². The Balaban J connectivity index is 1.74. The van der Waals surface area contributed by atoms with Gasteiger partial charge in [0.25, 0.3) is 0 Å². The van der Waals surface area contributed by atoms with Crippen LogP contribution in [0.1, 0.15) is 49.3 Å². The highest BCUT2D eigenvalue weighted by molar-refractivity contribution is 5.39. The molecule has 98 valence electrons. The van der Waals surface area contributed by atoms with Crippen molar-refractivity contribution in [2.75, 3.05) is 6.54 Å². The second-order valence-electron chi connectivity index (χ2n) is 6.95. The van der Waals surface area contributed by atoms with E-state index in [4.69, 9.17) is 0 Å². The van der Waals surface area contributed by atoms with Crippen LogP contribution in [-0.4, -0.2) is 12.6 Å². The first-order valence-corrected chi connectivity index (χ1v) is 7.30. The molecule has 18 heavy (non-hydrogen) atoms. The average Bonchev–Trinajstić information content (AvgIpc) is 3.15. The van der Waals surface area contributed by atoms with Crippen molar-refractivity contribution in [2.45, 2.75) is 52.5 Å². The summed E-state index contributed by atoms with van der Waals surface area (Å²) in [6.07, 6.45) is 2.78. The van der Waals surface area contributed by atoms with E-state index in [0.717, 1.165) is 17.9 Å². The molecule has 2 unspecified atom stereocenters. The molecule has 0 aliphatic heterocycles. The maximum atomic E-state index is 3.70. The molecule has 3 rings (SSSR count). The minimum absolute atomic E-state index is 0.474. The van der Waals surface area contributed by atoms with E-state index < -0.39 is 0 Å². The molecule has 2 aliphatic carbocycles. The number of hydrogen-bond donors (Lipinski definition) is 1. The number of benzene rings is 1. The van der Waals surface area contributed by atoms with Crippen LogP contribution in [0.4, 0.5) is 0 Å². The molecule has 1 aromatic carbocycles. The highest BCUT2D eigenvalue weighted by atomic mass is 15.0. The zero-order chi connectivity index (χ0) is 12.9. The Kier molecular flexibility index (Phi) is 2.78. The third-order valence-corrected chi connectivity index (χ3v) is 5.01. The standard InChI is InChI=1S/C17H25N/c1-11-5-8-14(12(2)9-11)16-15(17(16,3)4)10-18-13-6-7-13/h5,8-9,13,15-16,18H,6-7,10H2,1-4H3. The van der Waals surface area contributed by atoms with Crippen LogP contribution < -0.4 is 5.32 Å². The summed E-state index contributed by atoms with van der Waals surface area (Å²) in [5.74, 6) is 1.57. The molecule has 0 amide bonds. The number of aryl methyl sites for hydroxylation is 2. The van der Waals surface area contributed by atoms with Gasteiger partial charge in [-0.1, -0.05) is 37.6 Å². The highest BCUT2D eigenvalue weighted by Crippen LogP contribution is 2.64. The van der Waals surface area contributed by atoms with Crippen molar-refractivity contribution < 1.29 is 0 Å². The third-order valence-electron chi connectivity index (χ3n) is 5.01. The first kappa shape index (κ1) is 12.2. The van der Waals surface area contributed by atoms with Crippen molar-refractivity contribution in [1.82, 2.24) is 5.32 Å². The monoisotopic (exact) mass is 243 g/mol. The summed E-state index contributed by atoms with van der Waals surface area (Å²) in [4.78, 5) is 0. The molecular formula is C17H25N. The van der Waals surface area contributed by atoms with Gasteiger partial charge in [-0.2, -0.15) is 0 Å². The van der Waals surface area contributed by atoms with Crippen LogP contribution in [0.25, 0.3) is 0 Å². The lowest BCUT2D eigenvalue weighted by atomic mass is 9.97. The second kappa shape index (κ2) is 4.09. The Hall–Kier alpha value is -0.820. The molecule has 0 heterocycles. The van der Waals surface area contributed by atoms with Gasteiger partial charge < -0.3 is 5.32 Å². The highest BCUT2D eigenvalue weighted by Gasteiger charge is 2.58. The van der Waals surface area contributed by atoms with E-state index in [0.29, 0.717) is 5.41 Å². The lowest BCUT2D eigenvalue weighted by molar-refractivity contribution is 0.517. The van der Waals surface area contributed by atoms with Crippen LogP contribution in [0.2, 0.25) is 0 Å². The van der Waals surface area contributed by atoms with Crippen LogP contribution in [0, 0.1) is 25.2 Å². The van der Waals surface area contributed by atoms with Gasteiger partial charge in [-0.25, -0.2) is 0 Å². The second-order valence-corrected chi connectivity index (χ2v) is 6.95. The third kappa shape index (κ3) is 2.09. The summed E-state index contributed by atoms with van der Waals surface area (Å²) in [6, 6.07) is 7.78. The molecule has 2 aliphatic rings. The van der Waals surface area contributed by atoms with E-state index >= 15 is 0 Å². The number of nitrogens with one attached hydrogen (secondary N) is 1. The minimum atomic E-state index is 0.474. The van der Waals surface area contributed by atoms with E-state index in [1.54, 1.807) is 5.56 Å². The van der Waals surface area contributed by atoms with E-state index in [2.05, 4.69) is 51.2 Å². The molecule has 0 saturated heterocycles. The largest absolute Gasteiger partial charge is 0.314 e. The maximum Gasteiger partial charge on any atom is 0.00683 e. The van der Waals surface area contributed by atoms with Gasteiger partial charge in [0.15, 0.2) is 0 Å². The summed E-state index contributed by atoms with van der Waals surface area (Å²) in [5.41, 5.74) is 4.90. The van der Waals surface area contributed by atoms with Crippen molar-refractivity contribution in [1.29, 1.82) is 0 Å². The molecular weight excluding hydrogens is 218 g/mol. The maximum absolute atomic E-state index is 3.70. The fourth-order valence-corrected chi connectivity index (χ4v) is 3.50. The van der Waals surface area contributed by atoms with Gasteiger partial charge >= 0.3 is 0 Å². The molecule has 1 heteroatoms. The molecule has 0 aromatic heterocycles. The van der Waals surface area contributed by atoms with Crippen molar-refractivity contribution in [3.63, 3.8) is 0 Å². The summed E-state index contributed by atoms with van der Waals surface area (Å²) in [7, 11) is 0. The zero-order valence-electron chi connectivity index (χ0n) is 12.1. The Labute approximate surface area is 111 Å². The van der Waals surface area contributed by atoms with Gasteiger partial charge in [-0.3, -0.25) is 0 Å². The Morgan fingerprint density at radius 3 is 2.56 bits per heavy atom. The predicted octanol–water partition coefficient (Wildman–Crippen LogP) is 3.80.